The zero-order valence-corrected chi connectivity index (χ0v) is 14.4. The van der Waals surface area contributed by atoms with E-state index in [1.165, 1.54) is 0 Å². The third-order valence-corrected chi connectivity index (χ3v) is 4.01. The van der Waals surface area contributed by atoms with E-state index in [9.17, 15) is 4.79 Å². The number of fused-ring (bicyclic) bond motifs is 1. The van der Waals surface area contributed by atoms with Gasteiger partial charge in [-0.3, -0.25) is 4.79 Å². The lowest BCUT2D eigenvalue weighted by molar-refractivity contribution is -0.136. The first-order valence-electron chi connectivity index (χ1n) is 7.92. The van der Waals surface area contributed by atoms with Crippen LogP contribution in [0.4, 0.5) is 0 Å². The van der Waals surface area contributed by atoms with E-state index in [4.69, 9.17) is 30.4 Å². The summed E-state index contributed by atoms with van der Waals surface area (Å²) in [7, 11) is 0. The molecule has 3 aromatic rings. The van der Waals surface area contributed by atoms with Crippen molar-refractivity contribution >= 4 is 28.5 Å². The number of benzene rings is 1. The molecule has 1 N–H and O–H groups in total. The first-order valence-corrected chi connectivity index (χ1v) is 8.30. The number of aromatic nitrogens is 2. The number of aryl methyl sites for hydroxylation is 2. The molecule has 0 atom stereocenters. The number of carbonyl (C=O) groups is 1. The van der Waals surface area contributed by atoms with Crippen molar-refractivity contribution in [2.75, 3.05) is 6.61 Å². The lowest BCUT2D eigenvalue weighted by Crippen LogP contribution is -2.02. The number of oxazole rings is 1. The topological polar surface area (TPSA) is 98.6 Å². The Morgan fingerprint density at radius 1 is 1.36 bits per heavy atom. The minimum atomic E-state index is -0.889. The summed E-state index contributed by atoms with van der Waals surface area (Å²) in [4.78, 5) is 15.0. The second-order valence-corrected chi connectivity index (χ2v) is 5.89. The molecule has 0 unspecified atom stereocenters. The zero-order valence-electron chi connectivity index (χ0n) is 13.6. The highest BCUT2D eigenvalue weighted by Gasteiger charge is 2.14. The molecule has 0 aliphatic rings. The molecular weight excluding hydrogens is 348 g/mol. The van der Waals surface area contributed by atoms with Crippen molar-refractivity contribution in [1.29, 1.82) is 0 Å². The normalized spacial score (nSPS) is 11.1. The van der Waals surface area contributed by atoms with E-state index >= 15 is 0 Å². The Kier molecular flexibility index (Phi) is 5.23. The molecule has 2 heterocycles. The summed E-state index contributed by atoms with van der Waals surface area (Å²) in [6.45, 7) is 2.37. The van der Waals surface area contributed by atoms with Crippen LogP contribution < -0.4 is 4.74 Å². The number of carboxylic acid groups (broad SMARTS) is 1. The summed E-state index contributed by atoms with van der Waals surface area (Å²) < 4.78 is 16.3. The van der Waals surface area contributed by atoms with Crippen LogP contribution in [0.2, 0.25) is 5.02 Å². The van der Waals surface area contributed by atoms with E-state index in [1.807, 2.05) is 6.92 Å². The molecule has 0 radical (unpaired) electrons. The molecule has 0 aliphatic carbocycles. The molecular formula is C17H17ClN2O5. The summed E-state index contributed by atoms with van der Waals surface area (Å²) in [5, 5.41) is 13.8. The fourth-order valence-corrected chi connectivity index (χ4v) is 2.60. The highest BCUT2D eigenvalue weighted by Crippen LogP contribution is 2.32. The first kappa shape index (κ1) is 17.3. The largest absolute Gasteiger partial charge is 0.491 e. The van der Waals surface area contributed by atoms with Crippen molar-refractivity contribution < 1.29 is 23.6 Å². The second-order valence-electron chi connectivity index (χ2n) is 5.49. The predicted molar refractivity (Wildman–Crippen MR) is 90.1 cm³/mol. The maximum atomic E-state index is 10.7. The fraction of sp³-hybridized carbons (Fsp3) is 0.353. The molecule has 25 heavy (non-hydrogen) atoms. The maximum absolute atomic E-state index is 10.7. The molecule has 8 heteroatoms. The number of nitrogens with zero attached hydrogens (tertiary/aromatic N) is 2. The minimum absolute atomic E-state index is 0.0204. The molecule has 1 aromatic carbocycles. The van der Waals surface area contributed by atoms with E-state index < -0.39 is 5.97 Å². The lowest BCUT2D eigenvalue weighted by atomic mass is 10.1. The van der Waals surface area contributed by atoms with Crippen LogP contribution >= 0.6 is 11.6 Å². The van der Waals surface area contributed by atoms with E-state index in [1.54, 1.807) is 18.4 Å². The van der Waals surface area contributed by atoms with Crippen LogP contribution in [-0.2, 0) is 24.1 Å². The molecule has 2 aromatic heterocycles. The third kappa shape index (κ3) is 4.11. The van der Waals surface area contributed by atoms with Gasteiger partial charge in [-0.05, 0) is 12.5 Å². The first-order chi connectivity index (χ1) is 12.1. The van der Waals surface area contributed by atoms with Gasteiger partial charge in [0.15, 0.2) is 11.5 Å². The SMILES string of the molecule is CCc1coc(CCOc2cc3onc(CCC(=O)O)c3cc2Cl)n1. The summed E-state index contributed by atoms with van der Waals surface area (Å²) in [6, 6.07) is 3.34. The fourth-order valence-electron chi connectivity index (χ4n) is 2.38. The maximum Gasteiger partial charge on any atom is 0.303 e. The van der Waals surface area contributed by atoms with Crippen molar-refractivity contribution in [2.45, 2.75) is 32.6 Å². The number of rotatable bonds is 8. The number of halogens is 1. The lowest BCUT2D eigenvalue weighted by Gasteiger charge is -2.06. The molecule has 0 fully saturated rings. The van der Waals surface area contributed by atoms with Gasteiger partial charge in [-0.2, -0.15) is 0 Å². The summed E-state index contributed by atoms with van der Waals surface area (Å²) >= 11 is 6.25. The van der Waals surface area contributed by atoms with Crippen LogP contribution in [0.15, 0.2) is 27.3 Å². The number of ether oxygens (including phenoxy) is 1. The number of carboxylic acids is 1. The predicted octanol–water partition coefficient (Wildman–Crippen LogP) is 3.67. The van der Waals surface area contributed by atoms with Crippen molar-refractivity contribution in [3.8, 4) is 5.75 Å². The molecule has 0 saturated carbocycles. The van der Waals surface area contributed by atoms with Gasteiger partial charge in [0, 0.05) is 17.9 Å². The quantitative estimate of drug-likeness (QED) is 0.651. The third-order valence-electron chi connectivity index (χ3n) is 3.71. The van der Waals surface area contributed by atoms with Gasteiger partial charge in [0.05, 0.1) is 35.9 Å². The Balaban J connectivity index is 1.67. The Hall–Kier alpha value is -2.54. The van der Waals surface area contributed by atoms with Gasteiger partial charge in [0.1, 0.15) is 12.0 Å². The van der Waals surface area contributed by atoms with Gasteiger partial charge in [0.25, 0.3) is 0 Å². The minimum Gasteiger partial charge on any atom is -0.491 e. The second kappa shape index (κ2) is 7.57. The molecule has 0 amide bonds. The van der Waals surface area contributed by atoms with Crippen molar-refractivity contribution in [3.63, 3.8) is 0 Å². The standard InChI is InChI=1S/C17H17ClN2O5/c1-2-10-9-24-16(19-10)5-6-23-15-8-14-11(7-12(15)18)13(20-25-14)3-4-17(21)22/h7-9H,2-6H2,1H3,(H,21,22). The molecule has 7 nitrogen and oxygen atoms in total. The Morgan fingerprint density at radius 3 is 2.92 bits per heavy atom. The summed E-state index contributed by atoms with van der Waals surface area (Å²) in [5.41, 5.74) is 1.98. The molecule has 3 rings (SSSR count). The Morgan fingerprint density at radius 2 is 2.20 bits per heavy atom. The van der Waals surface area contributed by atoms with Crippen molar-refractivity contribution in [1.82, 2.24) is 10.1 Å². The highest BCUT2D eigenvalue weighted by atomic mass is 35.5. The Bertz CT molecular complexity index is 886. The van der Waals surface area contributed by atoms with Gasteiger partial charge in [-0.1, -0.05) is 23.7 Å². The van der Waals surface area contributed by atoms with E-state index in [2.05, 4.69) is 10.1 Å². The van der Waals surface area contributed by atoms with Crippen LogP contribution in [0.1, 0.15) is 30.6 Å². The van der Waals surface area contributed by atoms with Gasteiger partial charge in [0.2, 0.25) is 0 Å². The molecule has 132 valence electrons. The number of hydrogen-bond donors (Lipinski definition) is 1. The smallest absolute Gasteiger partial charge is 0.303 e. The molecule has 0 aliphatic heterocycles. The van der Waals surface area contributed by atoms with E-state index in [0.29, 0.717) is 46.4 Å². The van der Waals surface area contributed by atoms with Crippen LogP contribution in [0.3, 0.4) is 0 Å². The van der Waals surface area contributed by atoms with Gasteiger partial charge in [-0.15, -0.1) is 0 Å². The number of aliphatic carboxylic acids is 1. The van der Waals surface area contributed by atoms with E-state index in [-0.39, 0.29) is 12.8 Å². The highest BCUT2D eigenvalue weighted by molar-refractivity contribution is 6.32. The monoisotopic (exact) mass is 364 g/mol. The Labute approximate surface area is 148 Å². The van der Waals surface area contributed by atoms with Crippen LogP contribution in [0.25, 0.3) is 11.0 Å². The molecule has 0 bridgehead atoms. The van der Waals surface area contributed by atoms with Gasteiger partial charge >= 0.3 is 5.97 Å². The van der Waals surface area contributed by atoms with E-state index in [0.717, 1.165) is 12.1 Å². The van der Waals surface area contributed by atoms with Gasteiger partial charge in [-0.25, -0.2) is 4.98 Å². The van der Waals surface area contributed by atoms with Gasteiger partial charge < -0.3 is 18.8 Å². The average molecular weight is 365 g/mol. The number of hydrogen-bond acceptors (Lipinski definition) is 6. The summed E-state index contributed by atoms with van der Waals surface area (Å²) in [5.74, 6) is 0.196. The van der Waals surface area contributed by atoms with Crippen LogP contribution in [0.5, 0.6) is 5.75 Å². The molecule has 0 spiro atoms. The molecule has 0 saturated heterocycles. The van der Waals surface area contributed by atoms with Crippen molar-refractivity contribution in [3.05, 3.63) is 40.7 Å². The summed E-state index contributed by atoms with van der Waals surface area (Å²) in [6.07, 6.45) is 3.24. The zero-order chi connectivity index (χ0) is 17.8. The average Bonchev–Trinajstić information content (AvgIpc) is 3.20. The van der Waals surface area contributed by atoms with Crippen molar-refractivity contribution in [2.24, 2.45) is 0 Å². The van der Waals surface area contributed by atoms with Crippen LogP contribution in [-0.4, -0.2) is 27.8 Å². The van der Waals surface area contributed by atoms with Crippen LogP contribution in [0, 0.1) is 0 Å².